The Balaban J connectivity index is 1.74. The molecule has 0 spiro atoms. The normalized spacial score (nSPS) is 11.2. The number of non-ortho nitro benzene ring substituents is 1. The quantitative estimate of drug-likeness (QED) is 0.245. The molecule has 0 unspecified atom stereocenters. The van der Waals surface area contributed by atoms with Crippen LogP contribution in [0.3, 0.4) is 0 Å². The van der Waals surface area contributed by atoms with Crippen molar-refractivity contribution in [1.82, 2.24) is 14.9 Å². The molecule has 0 aliphatic rings. The van der Waals surface area contributed by atoms with Gasteiger partial charge in [-0.2, -0.15) is 14.9 Å². The second kappa shape index (κ2) is 9.22. The second-order valence-corrected chi connectivity index (χ2v) is 6.25. The molecule has 1 N–H and O–H groups in total. The Kier molecular flexibility index (Phi) is 6.47. The average Bonchev–Trinajstić information content (AvgIpc) is 3.11. The lowest BCUT2D eigenvalue weighted by Crippen LogP contribution is -2.00. The van der Waals surface area contributed by atoms with E-state index in [1.165, 1.54) is 25.5 Å². The Morgan fingerprint density at radius 1 is 1.30 bits per heavy atom. The summed E-state index contributed by atoms with van der Waals surface area (Å²) in [6.07, 6.45) is -1.50. The first-order chi connectivity index (χ1) is 14.4. The molecule has 1 heterocycles. The molecule has 12 heteroatoms. The van der Waals surface area contributed by atoms with Gasteiger partial charge in [0.15, 0.2) is 11.5 Å². The summed E-state index contributed by atoms with van der Waals surface area (Å²) in [5, 5.41) is 20.4. The summed E-state index contributed by atoms with van der Waals surface area (Å²) >= 11 is 4.90. The molecule has 156 valence electrons. The second-order valence-electron chi connectivity index (χ2n) is 5.87. The number of aromatic amines is 1. The third kappa shape index (κ3) is 4.84. The van der Waals surface area contributed by atoms with Crippen molar-refractivity contribution in [2.24, 2.45) is 5.10 Å². The Labute approximate surface area is 173 Å². The van der Waals surface area contributed by atoms with Crippen LogP contribution >= 0.6 is 12.2 Å². The summed E-state index contributed by atoms with van der Waals surface area (Å²) < 4.78 is 37.7. The van der Waals surface area contributed by atoms with Crippen LogP contribution in [0.1, 0.15) is 23.4 Å². The standard InChI is InChI=1S/C18H15F2N5O4S/c1-28-15-8-12(9-21-24-17(16(19)20)22-23-18(24)30)4-7-14(15)29-10-11-2-5-13(6-3-11)25(26)27/h2-9,16H,10H2,1H3,(H,23,30)/b21-9+. The van der Waals surface area contributed by atoms with Gasteiger partial charge < -0.3 is 9.47 Å². The molecule has 0 aliphatic carbocycles. The first kappa shape index (κ1) is 21.0. The molecule has 0 saturated heterocycles. The van der Waals surface area contributed by atoms with Crippen molar-refractivity contribution >= 4 is 24.1 Å². The van der Waals surface area contributed by atoms with Crippen LogP contribution in [-0.2, 0) is 6.61 Å². The molecular weight excluding hydrogens is 420 g/mol. The Hall–Kier alpha value is -3.67. The van der Waals surface area contributed by atoms with E-state index in [1.807, 2.05) is 0 Å². The molecule has 9 nitrogen and oxygen atoms in total. The monoisotopic (exact) mass is 435 g/mol. The Bertz CT molecular complexity index is 1130. The number of hydrogen-bond acceptors (Lipinski definition) is 7. The largest absolute Gasteiger partial charge is 0.493 e. The van der Waals surface area contributed by atoms with E-state index in [2.05, 4.69) is 15.3 Å². The van der Waals surface area contributed by atoms with Gasteiger partial charge in [0.1, 0.15) is 6.61 Å². The number of ether oxygens (including phenoxy) is 2. The summed E-state index contributed by atoms with van der Waals surface area (Å²) in [6.45, 7) is 0.170. The van der Waals surface area contributed by atoms with Crippen LogP contribution in [0.5, 0.6) is 11.5 Å². The molecule has 0 radical (unpaired) electrons. The lowest BCUT2D eigenvalue weighted by atomic mass is 10.2. The van der Waals surface area contributed by atoms with Crippen LogP contribution in [-0.4, -0.2) is 33.1 Å². The molecule has 3 rings (SSSR count). The van der Waals surface area contributed by atoms with E-state index in [1.54, 1.807) is 30.3 Å². The zero-order valence-corrected chi connectivity index (χ0v) is 16.3. The minimum Gasteiger partial charge on any atom is -0.493 e. The molecule has 3 aromatic rings. The van der Waals surface area contributed by atoms with E-state index in [0.717, 1.165) is 10.2 Å². The number of nitrogens with zero attached hydrogens (tertiary/aromatic N) is 4. The van der Waals surface area contributed by atoms with Crippen LogP contribution in [0.4, 0.5) is 14.5 Å². The number of aromatic nitrogens is 3. The van der Waals surface area contributed by atoms with E-state index in [9.17, 15) is 18.9 Å². The van der Waals surface area contributed by atoms with Crippen molar-refractivity contribution in [3.63, 3.8) is 0 Å². The van der Waals surface area contributed by atoms with Gasteiger partial charge in [-0.1, -0.05) is 0 Å². The zero-order valence-electron chi connectivity index (χ0n) is 15.5. The number of nitrogens with one attached hydrogen (secondary N) is 1. The van der Waals surface area contributed by atoms with Gasteiger partial charge in [0.2, 0.25) is 10.6 Å². The highest BCUT2D eigenvalue weighted by molar-refractivity contribution is 7.71. The predicted molar refractivity (Wildman–Crippen MR) is 106 cm³/mol. The van der Waals surface area contributed by atoms with E-state index in [0.29, 0.717) is 17.1 Å². The minimum atomic E-state index is -2.83. The first-order valence-electron chi connectivity index (χ1n) is 8.43. The fourth-order valence-corrected chi connectivity index (χ4v) is 2.63. The van der Waals surface area contributed by atoms with Crippen LogP contribution in [0, 0.1) is 14.9 Å². The molecule has 0 aliphatic heterocycles. The van der Waals surface area contributed by atoms with Gasteiger partial charge in [-0.15, -0.1) is 0 Å². The van der Waals surface area contributed by atoms with Gasteiger partial charge in [-0.25, -0.2) is 13.9 Å². The molecule has 0 saturated carbocycles. The number of H-pyrrole nitrogens is 1. The third-order valence-corrected chi connectivity index (χ3v) is 4.19. The van der Waals surface area contributed by atoms with E-state index < -0.39 is 17.2 Å². The Morgan fingerprint density at radius 2 is 2.03 bits per heavy atom. The number of alkyl halides is 2. The van der Waals surface area contributed by atoms with Crippen LogP contribution in [0.25, 0.3) is 0 Å². The minimum absolute atomic E-state index is 0.00676. The summed E-state index contributed by atoms with van der Waals surface area (Å²) in [5.41, 5.74) is 1.28. The van der Waals surface area contributed by atoms with Crippen molar-refractivity contribution in [1.29, 1.82) is 0 Å². The van der Waals surface area contributed by atoms with Gasteiger partial charge in [-0.05, 0) is 53.7 Å². The van der Waals surface area contributed by atoms with Crippen molar-refractivity contribution in [3.05, 3.63) is 74.3 Å². The lowest BCUT2D eigenvalue weighted by molar-refractivity contribution is -0.384. The molecule has 0 amide bonds. The maximum absolute atomic E-state index is 12.9. The average molecular weight is 435 g/mol. The summed E-state index contributed by atoms with van der Waals surface area (Å²) in [6, 6.07) is 10.9. The van der Waals surface area contributed by atoms with Gasteiger partial charge in [0.25, 0.3) is 12.1 Å². The SMILES string of the molecule is COc1cc(/C=N/n2c(C(F)F)n[nH]c2=S)ccc1OCc1ccc([N+](=O)[O-])cc1. The number of nitro benzene ring substituents is 1. The number of rotatable bonds is 8. The highest BCUT2D eigenvalue weighted by Crippen LogP contribution is 2.28. The number of halogens is 2. The topological polar surface area (TPSA) is 108 Å². The molecule has 0 fully saturated rings. The summed E-state index contributed by atoms with van der Waals surface area (Å²) in [5.74, 6) is 0.234. The number of benzene rings is 2. The third-order valence-electron chi connectivity index (χ3n) is 3.92. The van der Waals surface area contributed by atoms with Gasteiger partial charge >= 0.3 is 0 Å². The van der Waals surface area contributed by atoms with Gasteiger partial charge in [0, 0.05) is 12.1 Å². The van der Waals surface area contributed by atoms with E-state index >= 15 is 0 Å². The number of nitro groups is 1. The number of methoxy groups -OCH3 is 1. The fraction of sp³-hybridized carbons (Fsp3) is 0.167. The van der Waals surface area contributed by atoms with Crippen molar-refractivity contribution in [2.75, 3.05) is 7.11 Å². The highest BCUT2D eigenvalue weighted by atomic mass is 32.1. The predicted octanol–water partition coefficient (Wildman–Crippen LogP) is 4.26. The maximum atomic E-state index is 12.9. The summed E-state index contributed by atoms with van der Waals surface area (Å²) in [4.78, 5) is 10.2. The molecule has 30 heavy (non-hydrogen) atoms. The fourth-order valence-electron chi connectivity index (χ4n) is 2.44. The maximum Gasteiger partial charge on any atom is 0.299 e. The van der Waals surface area contributed by atoms with Crippen molar-refractivity contribution in [3.8, 4) is 11.5 Å². The zero-order chi connectivity index (χ0) is 21.7. The van der Waals surface area contributed by atoms with Crippen molar-refractivity contribution < 1.29 is 23.2 Å². The molecule has 0 atom stereocenters. The van der Waals surface area contributed by atoms with Crippen molar-refractivity contribution in [2.45, 2.75) is 13.0 Å². The molecular formula is C18H15F2N5O4S. The van der Waals surface area contributed by atoms with Crippen LogP contribution in [0.15, 0.2) is 47.6 Å². The number of hydrogen-bond donors (Lipinski definition) is 1. The first-order valence-corrected chi connectivity index (χ1v) is 8.84. The lowest BCUT2D eigenvalue weighted by Gasteiger charge is -2.11. The Morgan fingerprint density at radius 3 is 2.67 bits per heavy atom. The molecule has 0 bridgehead atoms. The van der Waals surface area contributed by atoms with Crippen LogP contribution < -0.4 is 9.47 Å². The van der Waals surface area contributed by atoms with Crippen LogP contribution in [0.2, 0.25) is 0 Å². The highest BCUT2D eigenvalue weighted by Gasteiger charge is 2.16. The van der Waals surface area contributed by atoms with Gasteiger partial charge in [-0.3, -0.25) is 10.1 Å². The smallest absolute Gasteiger partial charge is 0.299 e. The van der Waals surface area contributed by atoms with E-state index in [-0.39, 0.29) is 17.1 Å². The summed E-state index contributed by atoms with van der Waals surface area (Å²) in [7, 11) is 1.45. The molecule has 1 aromatic heterocycles. The molecule has 2 aromatic carbocycles. The van der Waals surface area contributed by atoms with Gasteiger partial charge in [0.05, 0.1) is 18.2 Å². The van der Waals surface area contributed by atoms with E-state index in [4.69, 9.17) is 21.7 Å².